The Labute approximate surface area is 181 Å². The second-order valence-electron chi connectivity index (χ2n) is 7.65. The molecule has 1 N–H and O–H groups in total. The van der Waals surface area contributed by atoms with Gasteiger partial charge in [0.2, 0.25) is 0 Å². The van der Waals surface area contributed by atoms with Gasteiger partial charge in [0.25, 0.3) is 11.6 Å². The molecule has 0 saturated carbocycles. The van der Waals surface area contributed by atoms with Gasteiger partial charge in [0, 0.05) is 29.1 Å². The van der Waals surface area contributed by atoms with Crippen LogP contribution in [0.25, 0.3) is 11.6 Å². The summed E-state index contributed by atoms with van der Waals surface area (Å²) < 4.78 is 38.5. The quantitative estimate of drug-likeness (QED) is 0.323. The molecule has 32 heavy (non-hydrogen) atoms. The Morgan fingerprint density at radius 2 is 1.78 bits per heavy atom. The van der Waals surface area contributed by atoms with Crippen molar-refractivity contribution in [3.05, 3.63) is 92.3 Å². The van der Waals surface area contributed by atoms with Gasteiger partial charge in [-0.05, 0) is 55.3 Å². The topological polar surface area (TPSA) is 79.2 Å². The van der Waals surface area contributed by atoms with Gasteiger partial charge in [0.1, 0.15) is 0 Å². The number of nitrogens with zero attached hydrogens (tertiary/aromatic N) is 2. The molecule has 0 spiro atoms. The number of aromatic amines is 1. The van der Waals surface area contributed by atoms with E-state index < -0.39 is 16.7 Å². The highest BCUT2D eigenvalue weighted by atomic mass is 19.4. The van der Waals surface area contributed by atoms with Crippen LogP contribution in [-0.2, 0) is 17.5 Å². The third kappa shape index (κ3) is 3.89. The zero-order chi connectivity index (χ0) is 23.2. The van der Waals surface area contributed by atoms with Crippen molar-refractivity contribution < 1.29 is 22.9 Å². The third-order valence-electron chi connectivity index (χ3n) is 5.35. The molecule has 1 aromatic heterocycles. The molecular weight excluding hydrogens is 423 g/mol. The Morgan fingerprint density at radius 3 is 2.34 bits per heavy atom. The van der Waals surface area contributed by atoms with Crippen LogP contribution in [-0.4, -0.2) is 15.8 Å². The molecule has 0 saturated heterocycles. The van der Waals surface area contributed by atoms with E-state index in [-0.39, 0.29) is 23.7 Å². The number of H-pyrrole nitrogens is 1. The predicted octanol–water partition coefficient (Wildman–Crippen LogP) is 5.65. The zero-order valence-corrected chi connectivity index (χ0v) is 17.2. The Balaban J connectivity index is 1.76. The van der Waals surface area contributed by atoms with Crippen molar-refractivity contribution in [3.63, 3.8) is 0 Å². The highest BCUT2D eigenvalue weighted by Crippen LogP contribution is 2.41. The first kappa shape index (κ1) is 21.4. The summed E-state index contributed by atoms with van der Waals surface area (Å²) in [4.78, 5) is 28.6. The maximum absolute atomic E-state index is 13.3. The van der Waals surface area contributed by atoms with Crippen LogP contribution < -0.4 is 4.90 Å². The molecule has 1 aliphatic rings. The van der Waals surface area contributed by atoms with Crippen molar-refractivity contribution >= 4 is 28.9 Å². The fraction of sp³-hybridized carbons (Fsp3) is 0.174. The van der Waals surface area contributed by atoms with Crippen molar-refractivity contribution in [1.29, 1.82) is 0 Å². The lowest BCUT2D eigenvalue weighted by molar-refractivity contribution is -0.384. The Kier molecular flexibility index (Phi) is 5.12. The summed E-state index contributed by atoms with van der Waals surface area (Å²) in [6.07, 6.45) is -2.80. The van der Waals surface area contributed by atoms with Gasteiger partial charge in [-0.2, -0.15) is 13.2 Å². The fourth-order valence-corrected chi connectivity index (χ4v) is 3.78. The van der Waals surface area contributed by atoms with Crippen LogP contribution in [0, 0.1) is 24.0 Å². The van der Waals surface area contributed by atoms with Crippen LogP contribution in [0.3, 0.4) is 0 Å². The molecule has 0 fully saturated rings. The minimum atomic E-state index is -4.45. The van der Waals surface area contributed by atoms with E-state index in [2.05, 4.69) is 4.98 Å². The fourth-order valence-electron chi connectivity index (χ4n) is 3.78. The molecule has 2 aromatic carbocycles. The summed E-state index contributed by atoms with van der Waals surface area (Å²) in [5.41, 5.74) is 3.25. The number of amides is 1. The largest absolute Gasteiger partial charge is 0.416 e. The first-order chi connectivity index (χ1) is 15.0. The second kappa shape index (κ2) is 7.67. The molecule has 9 heteroatoms. The normalized spacial score (nSPS) is 14.8. The molecule has 0 atom stereocenters. The number of benzene rings is 2. The number of hydrogen-bond acceptors (Lipinski definition) is 3. The predicted molar refractivity (Wildman–Crippen MR) is 114 cm³/mol. The zero-order valence-electron chi connectivity index (χ0n) is 17.2. The number of aromatic nitrogens is 1. The summed E-state index contributed by atoms with van der Waals surface area (Å²) in [6.45, 7) is 3.78. The summed E-state index contributed by atoms with van der Waals surface area (Å²) in [6, 6.07) is 10.6. The van der Waals surface area contributed by atoms with Gasteiger partial charge in [-0.3, -0.25) is 14.9 Å². The lowest BCUT2D eigenvalue weighted by Crippen LogP contribution is -2.25. The number of non-ortho nitro benzene ring substituents is 1. The summed E-state index contributed by atoms with van der Waals surface area (Å²) in [7, 11) is 0. The number of nitro benzene ring substituents is 1. The standard InChI is InChI=1S/C23H18F3N3O3/c1-13-9-14(2)27-20(13)11-19-18-10-17(29(31)32)7-8-21(18)28(22(19)30)12-15-3-5-16(6-4-15)23(24,25)26/h3-11,27H,12H2,1-2H3/b19-11-. The molecule has 1 aliphatic heterocycles. The van der Waals surface area contributed by atoms with E-state index in [1.54, 1.807) is 6.08 Å². The lowest BCUT2D eigenvalue weighted by Gasteiger charge is -2.17. The van der Waals surface area contributed by atoms with Crippen molar-refractivity contribution in [2.45, 2.75) is 26.6 Å². The summed E-state index contributed by atoms with van der Waals surface area (Å²) in [5.74, 6) is -0.382. The molecule has 1 amide bonds. The highest BCUT2D eigenvalue weighted by molar-refractivity contribution is 6.35. The number of anilines is 1. The van der Waals surface area contributed by atoms with Crippen LogP contribution in [0.15, 0.2) is 48.5 Å². The van der Waals surface area contributed by atoms with Crippen molar-refractivity contribution in [3.8, 4) is 0 Å². The van der Waals surface area contributed by atoms with Crippen LogP contribution >= 0.6 is 0 Å². The van der Waals surface area contributed by atoms with E-state index in [9.17, 15) is 28.1 Å². The van der Waals surface area contributed by atoms with Gasteiger partial charge >= 0.3 is 6.18 Å². The number of nitrogens with one attached hydrogen (secondary N) is 1. The van der Waals surface area contributed by atoms with Gasteiger partial charge < -0.3 is 9.88 Å². The van der Waals surface area contributed by atoms with E-state index in [0.717, 1.165) is 23.4 Å². The second-order valence-corrected chi connectivity index (χ2v) is 7.65. The van der Waals surface area contributed by atoms with Gasteiger partial charge in [-0.1, -0.05) is 12.1 Å². The first-order valence-electron chi connectivity index (χ1n) is 9.69. The van der Waals surface area contributed by atoms with Crippen LogP contribution in [0.1, 0.15) is 33.6 Å². The molecule has 6 nitrogen and oxygen atoms in total. The SMILES string of the molecule is Cc1cc(C)c(/C=C2\C(=O)N(Cc3ccc(C(F)(F)F)cc3)c3ccc([N+](=O)[O-])cc32)[nH]1. The number of carbonyl (C=O) groups excluding carboxylic acids is 1. The molecule has 0 aliphatic carbocycles. The average molecular weight is 441 g/mol. The minimum absolute atomic E-state index is 0.0296. The first-order valence-corrected chi connectivity index (χ1v) is 9.69. The van der Waals surface area contributed by atoms with Crippen LogP contribution in [0.4, 0.5) is 24.5 Å². The number of rotatable bonds is 4. The molecule has 0 bridgehead atoms. The molecule has 0 radical (unpaired) electrons. The summed E-state index contributed by atoms with van der Waals surface area (Å²) in [5, 5.41) is 11.3. The minimum Gasteiger partial charge on any atom is -0.359 e. The van der Waals surface area contributed by atoms with E-state index in [0.29, 0.717) is 22.5 Å². The Morgan fingerprint density at radius 1 is 1.09 bits per heavy atom. The maximum atomic E-state index is 13.3. The molecule has 4 rings (SSSR count). The number of alkyl halides is 3. The Bertz CT molecular complexity index is 1260. The monoisotopic (exact) mass is 441 g/mol. The Hall–Kier alpha value is -3.88. The van der Waals surface area contributed by atoms with Crippen LogP contribution in [0.2, 0.25) is 0 Å². The lowest BCUT2D eigenvalue weighted by atomic mass is 10.0. The van der Waals surface area contributed by atoms with E-state index in [4.69, 9.17) is 0 Å². The molecule has 164 valence electrons. The molecular formula is C23H18F3N3O3. The van der Waals surface area contributed by atoms with E-state index in [1.165, 1.54) is 35.2 Å². The number of halogens is 3. The van der Waals surface area contributed by atoms with Crippen molar-refractivity contribution in [2.24, 2.45) is 0 Å². The van der Waals surface area contributed by atoms with Gasteiger partial charge in [0.15, 0.2) is 0 Å². The van der Waals surface area contributed by atoms with Crippen LogP contribution in [0.5, 0.6) is 0 Å². The van der Waals surface area contributed by atoms with Gasteiger partial charge in [-0.15, -0.1) is 0 Å². The van der Waals surface area contributed by atoms with Crippen molar-refractivity contribution in [2.75, 3.05) is 4.90 Å². The summed E-state index contributed by atoms with van der Waals surface area (Å²) >= 11 is 0. The van der Waals surface area contributed by atoms with E-state index in [1.807, 2.05) is 19.9 Å². The number of fused-ring (bicyclic) bond motifs is 1. The highest BCUT2D eigenvalue weighted by Gasteiger charge is 2.34. The van der Waals surface area contributed by atoms with Gasteiger partial charge in [0.05, 0.1) is 28.3 Å². The number of hydrogen-bond donors (Lipinski definition) is 1. The smallest absolute Gasteiger partial charge is 0.359 e. The van der Waals surface area contributed by atoms with Crippen molar-refractivity contribution in [1.82, 2.24) is 4.98 Å². The number of carbonyl (C=O) groups is 1. The van der Waals surface area contributed by atoms with E-state index >= 15 is 0 Å². The number of aryl methyl sites for hydroxylation is 2. The average Bonchev–Trinajstić information content (AvgIpc) is 3.18. The van der Waals surface area contributed by atoms with Gasteiger partial charge in [-0.25, -0.2) is 0 Å². The number of nitro groups is 1. The molecule has 3 aromatic rings. The maximum Gasteiger partial charge on any atom is 0.416 e. The molecule has 2 heterocycles. The third-order valence-corrected chi connectivity index (χ3v) is 5.35. The molecule has 0 unspecified atom stereocenters.